The Hall–Kier alpha value is -2.69. The average Bonchev–Trinajstić information content (AvgIpc) is 2.52. The second-order valence-corrected chi connectivity index (χ2v) is 4.65. The zero-order chi connectivity index (χ0) is 16.1. The van der Waals surface area contributed by atoms with Crippen LogP contribution >= 0.6 is 0 Å². The Balaban J connectivity index is 2.34. The van der Waals surface area contributed by atoms with Gasteiger partial charge < -0.3 is 9.47 Å². The van der Waals surface area contributed by atoms with Crippen LogP contribution in [0.2, 0.25) is 0 Å². The number of esters is 1. The molecule has 0 saturated heterocycles. The maximum atomic E-state index is 13.9. The lowest BCUT2D eigenvalue weighted by molar-refractivity contribution is 0.0595. The van der Waals surface area contributed by atoms with E-state index in [1.54, 1.807) is 0 Å². The van der Waals surface area contributed by atoms with Gasteiger partial charge in [0.1, 0.15) is 23.7 Å². The molecular formula is C17H15FO4. The number of carbonyl (C=O) groups is 2. The molecule has 0 bridgehead atoms. The van der Waals surface area contributed by atoms with Gasteiger partial charge >= 0.3 is 5.97 Å². The Bertz CT molecular complexity index is 695. The third-order valence-electron chi connectivity index (χ3n) is 3.09. The summed E-state index contributed by atoms with van der Waals surface area (Å²) in [5.41, 5.74) is 0.715. The number of halogens is 1. The maximum Gasteiger partial charge on any atom is 0.341 e. The molecule has 0 aliphatic rings. The number of hydrogen-bond acceptors (Lipinski definition) is 4. The lowest BCUT2D eigenvalue weighted by atomic mass is 10.1. The molecule has 0 fully saturated rings. The number of Topliss-reactive ketones (excluding diaryl/α,β-unsaturated/α-hetero) is 1. The molecule has 0 saturated carbocycles. The summed E-state index contributed by atoms with van der Waals surface area (Å²) < 4.78 is 24.1. The quantitative estimate of drug-likeness (QED) is 0.627. The van der Waals surface area contributed by atoms with Crippen molar-refractivity contribution < 1.29 is 23.5 Å². The van der Waals surface area contributed by atoms with Gasteiger partial charge in [0.25, 0.3) is 0 Å². The summed E-state index contributed by atoms with van der Waals surface area (Å²) in [7, 11) is 1.21. The Morgan fingerprint density at radius 3 is 2.36 bits per heavy atom. The summed E-state index contributed by atoms with van der Waals surface area (Å²) in [5.74, 6) is -1.86. The molecule has 5 heteroatoms. The van der Waals surface area contributed by atoms with Gasteiger partial charge in [-0.2, -0.15) is 0 Å². The molecule has 0 unspecified atom stereocenters. The minimum absolute atomic E-state index is 0.0185. The molecule has 2 rings (SSSR count). The molecule has 0 radical (unpaired) electrons. The molecule has 0 heterocycles. The van der Waals surface area contributed by atoms with E-state index in [2.05, 4.69) is 4.74 Å². The molecule has 22 heavy (non-hydrogen) atoms. The van der Waals surface area contributed by atoms with E-state index in [-0.39, 0.29) is 23.5 Å². The molecule has 0 spiro atoms. The first-order chi connectivity index (χ1) is 10.5. The number of ketones is 1. The highest BCUT2D eigenvalue weighted by atomic mass is 19.1. The van der Waals surface area contributed by atoms with Crippen molar-refractivity contribution in [1.29, 1.82) is 0 Å². The molecule has 0 atom stereocenters. The van der Waals surface area contributed by atoms with E-state index in [0.717, 1.165) is 17.7 Å². The molecule has 0 amide bonds. The van der Waals surface area contributed by atoms with Gasteiger partial charge in [-0.3, -0.25) is 4.79 Å². The second kappa shape index (κ2) is 6.85. The fourth-order valence-corrected chi connectivity index (χ4v) is 1.95. The predicted octanol–water partition coefficient (Wildman–Crippen LogP) is 3.39. The highest BCUT2D eigenvalue weighted by Crippen LogP contribution is 2.25. The van der Waals surface area contributed by atoms with Crippen LogP contribution in [0.4, 0.5) is 4.39 Å². The third-order valence-corrected chi connectivity index (χ3v) is 3.09. The van der Waals surface area contributed by atoms with Gasteiger partial charge in [0.2, 0.25) is 0 Å². The SMILES string of the molecule is COC(=O)c1cc(C(C)=O)c(F)cc1OCc1ccccc1. The Morgan fingerprint density at radius 2 is 1.77 bits per heavy atom. The first-order valence-corrected chi connectivity index (χ1v) is 6.62. The van der Waals surface area contributed by atoms with Crippen LogP contribution in [0.3, 0.4) is 0 Å². The standard InChI is InChI=1S/C17H15FO4/c1-11(19)13-8-14(17(20)21-2)16(9-15(13)18)22-10-12-6-4-3-5-7-12/h3-9H,10H2,1-2H3. The van der Waals surface area contributed by atoms with Crippen LogP contribution in [-0.2, 0) is 11.3 Å². The van der Waals surface area contributed by atoms with Crippen molar-refractivity contribution in [3.05, 3.63) is 65.0 Å². The van der Waals surface area contributed by atoms with Crippen LogP contribution in [-0.4, -0.2) is 18.9 Å². The minimum atomic E-state index is -0.733. The Morgan fingerprint density at radius 1 is 1.09 bits per heavy atom. The second-order valence-electron chi connectivity index (χ2n) is 4.65. The van der Waals surface area contributed by atoms with Crippen molar-refractivity contribution in [3.63, 3.8) is 0 Å². The van der Waals surface area contributed by atoms with E-state index in [1.807, 2.05) is 30.3 Å². The smallest absolute Gasteiger partial charge is 0.341 e. The summed E-state index contributed by atoms with van der Waals surface area (Å²) in [5, 5.41) is 0. The van der Waals surface area contributed by atoms with Gasteiger partial charge in [-0.15, -0.1) is 0 Å². The summed E-state index contributed by atoms with van der Waals surface area (Å²) in [4.78, 5) is 23.2. The van der Waals surface area contributed by atoms with E-state index in [4.69, 9.17) is 4.74 Å². The lowest BCUT2D eigenvalue weighted by Gasteiger charge is -2.12. The topological polar surface area (TPSA) is 52.6 Å². The van der Waals surface area contributed by atoms with Crippen molar-refractivity contribution >= 4 is 11.8 Å². The zero-order valence-corrected chi connectivity index (χ0v) is 12.3. The van der Waals surface area contributed by atoms with Crippen LogP contribution in [0.1, 0.15) is 33.2 Å². The monoisotopic (exact) mass is 302 g/mol. The van der Waals surface area contributed by atoms with Crippen LogP contribution < -0.4 is 4.74 Å². The number of carbonyl (C=O) groups excluding carboxylic acids is 2. The fraction of sp³-hybridized carbons (Fsp3) is 0.176. The number of hydrogen-bond donors (Lipinski definition) is 0. The number of rotatable bonds is 5. The molecule has 4 nitrogen and oxygen atoms in total. The van der Waals surface area contributed by atoms with Gasteiger partial charge in [0.15, 0.2) is 5.78 Å². The molecule has 114 valence electrons. The third kappa shape index (κ3) is 3.49. The van der Waals surface area contributed by atoms with Gasteiger partial charge in [-0.05, 0) is 18.6 Å². The van der Waals surface area contributed by atoms with Gasteiger partial charge in [-0.1, -0.05) is 30.3 Å². The Kier molecular flexibility index (Phi) is 4.88. The molecular weight excluding hydrogens is 287 g/mol. The van der Waals surface area contributed by atoms with Crippen LogP contribution in [0.5, 0.6) is 5.75 Å². The largest absolute Gasteiger partial charge is 0.488 e. The molecule has 0 aromatic heterocycles. The minimum Gasteiger partial charge on any atom is -0.488 e. The van der Waals surface area contributed by atoms with E-state index < -0.39 is 17.6 Å². The van der Waals surface area contributed by atoms with Crippen molar-refractivity contribution in [3.8, 4) is 5.75 Å². The van der Waals surface area contributed by atoms with Crippen molar-refractivity contribution in [2.45, 2.75) is 13.5 Å². The first kappa shape index (κ1) is 15.7. The summed E-state index contributed by atoms with van der Waals surface area (Å²) in [6, 6.07) is 11.4. The van der Waals surface area contributed by atoms with Gasteiger partial charge in [0, 0.05) is 6.07 Å². The number of ether oxygens (including phenoxy) is 2. The normalized spacial score (nSPS) is 10.1. The van der Waals surface area contributed by atoms with Crippen LogP contribution in [0.15, 0.2) is 42.5 Å². The molecule has 2 aromatic rings. The van der Waals surface area contributed by atoms with Crippen LogP contribution in [0.25, 0.3) is 0 Å². The first-order valence-electron chi connectivity index (χ1n) is 6.62. The summed E-state index contributed by atoms with van der Waals surface area (Å²) in [6.45, 7) is 1.40. The van der Waals surface area contributed by atoms with E-state index >= 15 is 0 Å². The summed E-state index contributed by atoms with van der Waals surface area (Å²) in [6.07, 6.45) is 0. The van der Waals surface area contributed by atoms with Crippen molar-refractivity contribution in [2.24, 2.45) is 0 Å². The van der Waals surface area contributed by atoms with Crippen molar-refractivity contribution in [2.75, 3.05) is 7.11 Å². The highest BCUT2D eigenvalue weighted by molar-refractivity contribution is 5.99. The van der Waals surface area contributed by atoms with Crippen molar-refractivity contribution in [1.82, 2.24) is 0 Å². The van der Waals surface area contributed by atoms with Crippen LogP contribution in [0, 0.1) is 5.82 Å². The molecule has 2 aromatic carbocycles. The molecule has 0 aliphatic heterocycles. The van der Waals surface area contributed by atoms with E-state index in [1.165, 1.54) is 14.0 Å². The predicted molar refractivity (Wildman–Crippen MR) is 78.5 cm³/mol. The highest BCUT2D eigenvalue weighted by Gasteiger charge is 2.19. The molecule has 0 N–H and O–H groups in total. The van der Waals surface area contributed by atoms with E-state index in [0.29, 0.717) is 0 Å². The number of methoxy groups -OCH3 is 1. The van der Waals surface area contributed by atoms with E-state index in [9.17, 15) is 14.0 Å². The zero-order valence-electron chi connectivity index (χ0n) is 12.3. The number of benzene rings is 2. The Labute approximate surface area is 127 Å². The maximum absolute atomic E-state index is 13.9. The lowest BCUT2D eigenvalue weighted by Crippen LogP contribution is -2.09. The molecule has 0 aliphatic carbocycles. The van der Waals surface area contributed by atoms with Gasteiger partial charge in [0.05, 0.1) is 12.7 Å². The van der Waals surface area contributed by atoms with Gasteiger partial charge in [-0.25, -0.2) is 9.18 Å². The fourth-order valence-electron chi connectivity index (χ4n) is 1.95. The summed E-state index contributed by atoms with van der Waals surface area (Å²) >= 11 is 0. The average molecular weight is 302 g/mol.